The predicted molar refractivity (Wildman–Crippen MR) is 287 cm³/mol. The molecule has 10 rings (SSSR count). The van der Waals surface area contributed by atoms with Gasteiger partial charge in [0.2, 0.25) is 22.1 Å². The lowest BCUT2D eigenvalue weighted by Gasteiger charge is -2.34. The minimum absolute atomic E-state index is 0.697. The Balaban J connectivity index is 0.000000188. The Morgan fingerprint density at radius 1 is 0.421 bits per heavy atom. The molecule has 8 aromatic rings. The minimum atomic E-state index is -6.00. The maximum atomic E-state index is 12.3. The van der Waals surface area contributed by atoms with E-state index in [0.29, 0.717) is 11.1 Å². The highest BCUT2D eigenvalue weighted by Crippen LogP contribution is 2.56. The number of methoxy groups -OCH3 is 4. The Morgan fingerprint density at radius 2 is 0.750 bits per heavy atom. The first kappa shape index (κ1) is 56.1. The molecule has 2 aromatic heterocycles. The van der Waals surface area contributed by atoms with Crippen LogP contribution in [0.3, 0.4) is 0 Å². The number of hydrogen-bond donors (Lipinski definition) is 0. The van der Waals surface area contributed by atoms with Gasteiger partial charge in [-0.15, -0.1) is 0 Å². The van der Waals surface area contributed by atoms with E-state index in [2.05, 4.69) is 83.0 Å². The maximum Gasteiger partial charge on any atom is 0.673 e. The molecule has 0 fully saturated rings. The summed E-state index contributed by atoms with van der Waals surface area (Å²) in [6, 6.07) is 32.8. The van der Waals surface area contributed by atoms with E-state index < -0.39 is 14.5 Å². The van der Waals surface area contributed by atoms with Crippen molar-refractivity contribution in [2.24, 2.45) is 0 Å². The molecule has 0 radical (unpaired) electrons. The fourth-order valence-electron chi connectivity index (χ4n) is 10.7. The molecule has 6 aromatic carbocycles. The third-order valence-electron chi connectivity index (χ3n) is 13.1. The molecule has 20 heteroatoms. The van der Waals surface area contributed by atoms with Gasteiger partial charge < -0.3 is 63.3 Å². The Hall–Kier alpha value is -7.63. The molecule has 0 saturated carbocycles. The monoisotopic (exact) mass is 1060 g/mol. The number of rotatable bonds is 14. The molecule has 0 aliphatic carbocycles. The van der Waals surface area contributed by atoms with Crippen LogP contribution in [0.2, 0.25) is 0 Å². The highest BCUT2D eigenvalue weighted by atomic mass is 19.5. The van der Waals surface area contributed by atoms with E-state index in [4.69, 9.17) is 18.9 Å². The topological polar surface area (TPSA) is 85.3 Å². The minimum Gasteiger partial charge on any atom is -0.496 e. The second-order valence-electron chi connectivity index (χ2n) is 17.8. The van der Waals surface area contributed by atoms with Gasteiger partial charge in [0, 0.05) is 60.3 Å². The number of carbonyl (C=O) groups is 2. The van der Waals surface area contributed by atoms with Crippen molar-refractivity contribution in [1.29, 1.82) is 0 Å². The molecule has 0 amide bonds. The van der Waals surface area contributed by atoms with Crippen molar-refractivity contribution in [3.63, 3.8) is 0 Å². The van der Waals surface area contributed by atoms with Gasteiger partial charge in [0.15, 0.2) is 12.6 Å². The van der Waals surface area contributed by atoms with Crippen LogP contribution in [-0.4, -0.2) is 68.6 Å². The predicted octanol–water partition coefficient (Wildman–Crippen LogP) is 14.7. The zero-order chi connectivity index (χ0) is 55.2. The number of aromatic nitrogens is 2. The van der Waals surface area contributed by atoms with Crippen molar-refractivity contribution >= 4 is 93.4 Å². The molecule has 0 unspecified atom stereocenters. The summed E-state index contributed by atoms with van der Waals surface area (Å²) in [7, 11) is -5.14. The maximum absolute atomic E-state index is 12.3. The van der Waals surface area contributed by atoms with Gasteiger partial charge in [-0.3, -0.25) is 9.59 Å². The lowest BCUT2D eigenvalue weighted by atomic mass is 9.87. The van der Waals surface area contributed by atoms with Crippen molar-refractivity contribution in [1.82, 2.24) is 0 Å². The summed E-state index contributed by atoms with van der Waals surface area (Å²) in [5.41, 5.74) is 14.2. The fourth-order valence-corrected chi connectivity index (χ4v) is 10.7. The van der Waals surface area contributed by atoms with Crippen molar-refractivity contribution in [3.05, 3.63) is 108 Å². The van der Waals surface area contributed by atoms with E-state index in [1.165, 1.54) is 0 Å². The summed E-state index contributed by atoms with van der Waals surface area (Å²) < 4.78 is 106. The summed E-state index contributed by atoms with van der Waals surface area (Å²) >= 11 is 0. The second kappa shape index (κ2) is 23.5. The Kier molecular flexibility index (Phi) is 17.3. The number of aldehydes is 2. The lowest BCUT2D eigenvalue weighted by Crippen LogP contribution is -2.37. The molecule has 0 atom stereocenters. The number of ether oxygens (including phenoxy) is 4. The van der Waals surface area contributed by atoms with Crippen LogP contribution in [0.4, 0.5) is 57.3 Å². The van der Waals surface area contributed by atoms with Crippen molar-refractivity contribution in [3.8, 4) is 45.3 Å². The molecule has 400 valence electrons. The van der Waals surface area contributed by atoms with Crippen LogP contribution in [0.25, 0.3) is 65.9 Å². The molecule has 4 heterocycles. The quantitative estimate of drug-likeness (QED) is 0.0350. The fraction of sp³-hybridized carbons (Fsp3) is 0.286. The molecule has 2 aliphatic heterocycles. The average molecular weight is 1060 g/mol. The molecule has 2 aliphatic rings. The first-order valence-electron chi connectivity index (χ1n) is 24.9. The Morgan fingerprint density at radius 3 is 1.05 bits per heavy atom. The SMILES string of the molecule is CCCN1c2cccc(OC)c2-c2c3c(OC)cccc3[n+](CCC)c3c(C=O)ccc1c23.CCCN1c2cccc(OC)c2-c2c3c(OC)cccc3[n+](CCC)c3c(C=O)ccc1c23.F[B-](F)(F)F.F[B-](F)(F)F. The number of benzene rings is 6. The van der Waals surface area contributed by atoms with Gasteiger partial charge in [-0.2, -0.15) is 9.13 Å². The summed E-state index contributed by atoms with van der Waals surface area (Å²) in [5.74, 6) is 3.27. The number of aryl methyl sites for hydroxylation is 2. The molecule has 0 bridgehead atoms. The Labute approximate surface area is 435 Å². The molecule has 10 nitrogen and oxygen atoms in total. The van der Waals surface area contributed by atoms with E-state index in [-0.39, 0.29) is 0 Å². The van der Waals surface area contributed by atoms with Crippen LogP contribution in [0.15, 0.2) is 97.1 Å². The third-order valence-corrected chi connectivity index (χ3v) is 13.1. The van der Waals surface area contributed by atoms with Gasteiger partial charge in [-0.25, -0.2) is 0 Å². The highest BCUT2D eigenvalue weighted by Gasteiger charge is 2.38. The molecule has 76 heavy (non-hydrogen) atoms. The van der Waals surface area contributed by atoms with Crippen molar-refractivity contribution in [2.75, 3.05) is 51.3 Å². The van der Waals surface area contributed by atoms with E-state index >= 15 is 0 Å². The van der Waals surface area contributed by atoms with Crippen LogP contribution >= 0.6 is 0 Å². The van der Waals surface area contributed by atoms with E-state index in [1.54, 1.807) is 28.4 Å². The summed E-state index contributed by atoms with van der Waals surface area (Å²) in [6.45, 7) is 12.0. The van der Waals surface area contributed by atoms with Gasteiger partial charge in [0.05, 0.1) is 83.9 Å². The van der Waals surface area contributed by atoms with E-state index in [9.17, 15) is 44.1 Å². The standard InChI is InChI=1S/2C28H29N2O3.2BF4/c2*1-5-15-29-19-9-7-11-22(32-3)24(19)27-25-20(10-8-12-23(25)33-4)30(16-6-2)28-18(17-31)13-14-21(29)26(27)28;2*2-1(3,4)5/h2*7-14,17H,5-6,15-16H2,1-4H3;;/q2*+1;2*-1. The van der Waals surface area contributed by atoms with E-state index in [0.717, 1.165) is 176 Å². The molecule has 0 saturated heterocycles. The molecule has 0 N–H and O–H groups in total. The zero-order valence-corrected chi connectivity index (χ0v) is 43.5. The normalized spacial score (nSPS) is 12.2. The van der Waals surface area contributed by atoms with Crippen LogP contribution in [0, 0.1) is 0 Å². The van der Waals surface area contributed by atoms with Crippen LogP contribution in [0.5, 0.6) is 23.0 Å². The number of hydrogen-bond acceptors (Lipinski definition) is 8. The largest absolute Gasteiger partial charge is 0.673 e. The summed E-state index contributed by atoms with van der Waals surface area (Å²) in [4.78, 5) is 29.3. The number of anilines is 4. The third kappa shape index (κ3) is 10.8. The van der Waals surface area contributed by atoms with Crippen LogP contribution < -0.4 is 37.9 Å². The molecular weight excluding hydrogens is 998 g/mol. The molecule has 0 spiro atoms. The van der Waals surface area contributed by atoms with Gasteiger partial charge in [-0.05, 0) is 73.5 Å². The summed E-state index contributed by atoms with van der Waals surface area (Å²) in [5, 5.41) is 4.25. The first-order valence-corrected chi connectivity index (χ1v) is 24.9. The zero-order valence-electron chi connectivity index (χ0n) is 43.5. The smallest absolute Gasteiger partial charge is 0.496 e. The number of pyridine rings is 2. The summed E-state index contributed by atoms with van der Waals surface area (Å²) in [6.07, 6.45) is 5.84. The Bertz CT molecular complexity index is 3230. The average Bonchev–Trinajstić information content (AvgIpc) is 3.47. The highest BCUT2D eigenvalue weighted by molar-refractivity contribution is 6.50. The van der Waals surface area contributed by atoms with E-state index in [1.807, 2.05) is 60.7 Å². The van der Waals surface area contributed by atoms with Gasteiger partial charge in [-0.1, -0.05) is 52.0 Å². The number of fused-ring (bicyclic) bond motifs is 8. The van der Waals surface area contributed by atoms with Crippen molar-refractivity contribution < 1.29 is 72.2 Å². The number of nitrogens with zero attached hydrogens (tertiary/aromatic N) is 4. The van der Waals surface area contributed by atoms with Crippen LogP contribution in [0.1, 0.15) is 74.1 Å². The van der Waals surface area contributed by atoms with Crippen LogP contribution in [-0.2, 0) is 13.1 Å². The first-order chi connectivity index (χ1) is 36.4. The second-order valence-corrected chi connectivity index (χ2v) is 17.8. The van der Waals surface area contributed by atoms with Gasteiger partial charge in [0.25, 0.3) is 0 Å². The van der Waals surface area contributed by atoms with Crippen molar-refractivity contribution in [2.45, 2.75) is 66.5 Å². The van der Waals surface area contributed by atoms with Gasteiger partial charge >= 0.3 is 14.5 Å². The lowest BCUT2D eigenvalue weighted by molar-refractivity contribution is -0.645. The number of carbonyl (C=O) groups excluding carboxylic acids is 2. The number of halogens is 8. The molecular formula is C56H58B2F8N4O6. The van der Waals surface area contributed by atoms with Gasteiger partial charge in [0.1, 0.15) is 36.1 Å².